The van der Waals surface area contributed by atoms with Crippen LogP contribution in [0.5, 0.6) is 11.5 Å². The Kier molecular flexibility index (Phi) is 5.76. The average molecular weight is 413 g/mol. The van der Waals surface area contributed by atoms with Gasteiger partial charge in [0.2, 0.25) is 5.91 Å². The highest BCUT2D eigenvalue weighted by Gasteiger charge is 2.15. The highest BCUT2D eigenvalue weighted by molar-refractivity contribution is 6.05. The molecule has 5 heteroatoms. The summed E-state index contributed by atoms with van der Waals surface area (Å²) in [4.78, 5) is 12.5. The third kappa shape index (κ3) is 4.31. The zero-order valence-corrected chi connectivity index (χ0v) is 17.6. The maximum atomic E-state index is 12.5. The predicted molar refractivity (Wildman–Crippen MR) is 123 cm³/mol. The normalized spacial score (nSPS) is 11.4. The molecule has 0 fully saturated rings. The van der Waals surface area contributed by atoms with Crippen molar-refractivity contribution in [1.82, 2.24) is 0 Å². The molecule has 4 rings (SSSR count). The van der Waals surface area contributed by atoms with E-state index < -0.39 is 0 Å². The van der Waals surface area contributed by atoms with E-state index in [0.29, 0.717) is 11.3 Å². The van der Waals surface area contributed by atoms with Gasteiger partial charge in [0.15, 0.2) is 0 Å². The van der Waals surface area contributed by atoms with Crippen molar-refractivity contribution in [2.75, 3.05) is 19.5 Å². The lowest BCUT2D eigenvalue weighted by molar-refractivity contribution is -0.111. The van der Waals surface area contributed by atoms with Gasteiger partial charge in [-0.25, -0.2) is 0 Å². The number of carbonyl (C=O) groups excluding carboxylic acids is 1. The van der Waals surface area contributed by atoms with Gasteiger partial charge in [-0.3, -0.25) is 4.79 Å². The number of para-hydroxylation sites is 1. The monoisotopic (exact) mass is 413 g/mol. The standard InChI is InChI=1S/C26H23NO4/c1-17(12-26(28)27-19-9-5-4-6-10-19)21-14-22-23(16-31-25(22)15-24(21)30-3)18-8-7-11-20(13-18)29-2/h4-16H,1-3H3,(H,27,28)/b17-12+. The maximum Gasteiger partial charge on any atom is 0.248 e. The van der Waals surface area contributed by atoms with Crippen molar-refractivity contribution in [3.05, 3.63) is 84.6 Å². The molecular weight excluding hydrogens is 390 g/mol. The molecule has 1 heterocycles. The van der Waals surface area contributed by atoms with Gasteiger partial charge in [0.1, 0.15) is 17.1 Å². The number of methoxy groups -OCH3 is 2. The summed E-state index contributed by atoms with van der Waals surface area (Å²) < 4.78 is 16.7. The fourth-order valence-electron chi connectivity index (χ4n) is 3.52. The van der Waals surface area contributed by atoms with Crippen LogP contribution < -0.4 is 14.8 Å². The van der Waals surface area contributed by atoms with Crippen molar-refractivity contribution in [3.8, 4) is 22.6 Å². The van der Waals surface area contributed by atoms with Crippen LogP contribution >= 0.6 is 0 Å². The number of rotatable bonds is 6. The molecular formula is C26H23NO4. The first kappa shape index (κ1) is 20.3. The first-order chi connectivity index (χ1) is 15.1. The van der Waals surface area contributed by atoms with E-state index in [2.05, 4.69) is 5.32 Å². The zero-order chi connectivity index (χ0) is 21.8. The molecule has 3 aromatic carbocycles. The molecule has 0 aliphatic carbocycles. The van der Waals surface area contributed by atoms with E-state index in [1.54, 1.807) is 26.6 Å². The van der Waals surface area contributed by atoms with Crippen LogP contribution in [0.15, 0.2) is 83.5 Å². The summed E-state index contributed by atoms with van der Waals surface area (Å²) in [5.74, 6) is 1.21. The number of anilines is 1. The Balaban J connectivity index is 1.73. The van der Waals surface area contributed by atoms with Crippen LogP contribution in [-0.4, -0.2) is 20.1 Å². The zero-order valence-electron chi connectivity index (χ0n) is 17.6. The average Bonchev–Trinajstić information content (AvgIpc) is 3.21. The number of amides is 1. The molecule has 0 saturated heterocycles. The Bertz CT molecular complexity index is 1260. The summed E-state index contributed by atoms with van der Waals surface area (Å²) in [6.45, 7) is 1.89. The number of ether oxygens (including phenoxy) is 2. The summed E-state index contributed by atoms with van der Waals surface area (Å²) in [6.07, 6.45) is 3.30. The highest BCUT2D eigenvalue weighted by Crippen LogP contribution is 2.38. The Morgan fingerprint density at radius 1 is 0.968 bits per heavy atom. The van der Waals surface area contributed by atoms with Crippen LogP contribution in [0.2, 0.25) is 0 Å². The molecule has 1 N–H and O–H groups in total. The summed E-state index contributed by atoms with van der Waals surface area (Å²) in [7, 11) is 3.25. The number of allylic oxidation sites excluding steroid dienone is 1. The Hall–Kier alpha value is -3.99. The molecule has 1 aromatic heterocycles. The molecule has 5 nitrogen and oxygen atoms in total. The van der Waals surface area contributed by atoms with Gasteiger partial charge in [-0.05, 0) is 48.4 Å². The van der Waals surface area contributed by atoms with E-state index in [1.807, 2.05) is 73.7 Å². The van der Waals surface area contributed by atoms with E-state index in [-0.39, 0.29) is 5.91 Å². The van der Waals surface area contributed by atoms with E-state index in [4.69, 9.17) is 13.9 Å². The van der Waals surface area contributed by atoms with Crippen molar-refractivity contribution in [2.24, 2.45) is 0 Å². The Morgan fingerprint density at radius 3 is 2.52 bits per heavy atom. The third-order valence-corrected chi connectivity index (χ3v) is 5.09. The number of carbonyl (C=O) groups is 1. The number of nitrogens with one attached hydrogen (secondary N) is 1. The smallest absolute Gasteiger partial charge is 0.248 e. The second-order valence-electron chi connectivity index (χ2n) is 7.11. The minimum Gasteiger partial charge on any atom is -0.497 e. The van der Waals surface area contributed by atoms with Crippen LogP contribution in [-0.2, 0) is 4.79 Å². The van der Waals surface area contributed by atoms with Crippen molar-refractivity contribution in [2.45, 2.75) is 6.92 Å². The molecule has 31 heavy (non-hydrogen) atoms. The van der Waals surface area contributed by atoms with Crippen LogP contribution in [0.1, 0.15) is 12.5 Å². The van der Waals surface area contributed by atoms with Gasteiger partial charge < -0.3 is 19.2 Å². The number of hydrogen-bond donors (Lipinski definition) is 1. The lowest BCUT2D eigenvalue weighted by Crippen LogP contribution is -2.08. The molecule has 0 aliphatic rings. The third-order valence-electron chi connectivity index (χ3n) is 5.09. The number of fused-ring (bicyclic) bond motifs is 1. The van der Waals surface area contributed by atoms with Gasteiger partial charge in [0, 0.05) is 34.3 Å². The van der Waals surface area contributed by atoms with E-state index in [9.17, 15) is 4.79 Å². The van der Waals surface area contributed by atoms with Gasteiger partial charge in [0.25, 0.3) is 0 Å². The first-order valence-corrected chi connectivity index (χ1v) is 9.87. The predicted octanol–water partition coefficient (Wildman–Crippen LogP) is 6.16. The number of furan rings is 1. The molecule has 0 radical (unpaired) electrons. The molecule has 4 aromatic rings. The van der Waals surface area contributed by atoms with Gasteiger partial charge in [-0.15, -0.1) is 0 Å². The lowest BCUT2D eigenvalue weighted by Gasteiger charge is -2.10. The summed E-state index contributed by atoms with van der Waals surface area (Å²) >= 11 is 0. The minimum atomic E-state index is -0.203. The fourth-order valence-corrected chi connectivity index (χ4v) is 3.52. The molecule has 0 aliphatic heterocycles. The van der Waals surface area contributed by atoms with E-state index in [1.165, 1.54) is 0 Å². The van der Waals surface area contributed by atoms with Gasteiger partial charge in [-0.2, -0.15) is 0 Å². The van der Waals surface area contributed by atoms with Crippen LogP contribution in [0.25, 0.3) is 27.7 Å². The topological polar surface area (TPSA) is 60.7 Å². The van der Waals surface area contributed by atoms with Gasteiger partial charge in [-0.1, -0.05) is 30.3 Å². The second kappa shape index (κ2) is 8.79. The Labute approximate surface area is 180 Å². The summed E-state index contributed by atoms with van der Waals surface area (Å²) in [5.41, 5.74) is 4.99. The van der Waals surface area contributed by atoms with Crippen LogP contribution in [0.4, 0.5) is 5.69 Å². The summed E-state index contributed by atoms with van der Waals surface area (Å²) in [6, 6.07) is 21.0. The molecule has 0 bridgehead atoms. The Morgan fingerprint density at radius 2 is 1.77 bits per heavy atom. The van der Waals surface area contributed by atoms with Crippen LogP contribution in [0.3, 0.4) is 0 Å². The van der Waals surface area contributed by atoms with E-state index in [0.717, 1.165) is 39.1 Å². The van der Waals surface area contributed by atoms with Gasteiger partial charge >= 0.3 is 0 Å². The van der Waals surface area contributed by atoms with Gasteiger partial charge in [0.05, 0.1) is 20.5 Å². The molecule has 0 saturated carbocycles. The van der Waals surface area contributed by atoms with Crippen molar-refractivity contribution < 1.29 is 18.7 Å². The second-order valence-corrected chi connectivity index (χ2v) is 7.11. The summed E-state index contributed by atoms with van der Waals surface area (Å²) in [5, 5.41) is 3.80. The lowest BCUT2D eigenvalue weighted by atomic mass is 9.99. The molecule has 0 atom stereocenters. The maximum absolute atomic E-state index is 12.5. The van der Waals surface area contributed by atoms with Crippen LogP contribution in [0, 0.1) is 0 Å². The molecule has 0 unspecified atom stereocenters. The molecule has 156 valence electrons. The number of hydrogen-bond acceptors (Lipinski definition) is 4. The quantitative estimate of drug-likeness (QED) is 0.385. The highest BCUT2D eigenvalue weighted by atomic mass is 16.5. The van der Waals surface area contributed by atoms with Crippen molar-refractivity contribution in [1.29, 1.82) is 0 Å². The SMILES string of the molecule is COc1cccc(-c2coc3cc(OC)c(/C(C)=C/C(=O)Nc4ccccc4)cc23)c1. The van der Waals surface area contributed by atoms with E-state index >= 15 is 0 Å². The fraction of sp³-hybridized carbons (Fsp3) is 0.115. The number of benzene rings is 3. The first-order valence-electron chi connectivity index (χ1n) is 9.87. The van der Waals surface area contributed by atoms with Crippen molar-refractivity contribution in [3.63, 3.8) is 0 Å². The molecule has 0 spiro atoms. The molecule has 1 amide bonds. The largest absolute Gasteiger partial charge is 0.497 e. The van der Waals surface area contributed by atoms with Crippen molar-refractivity contribution >= 4 is 28.1 Å². The minimum absolute atomic E-state index is 0.203.